The molecule has 6 heteroatoms. The van der Waals surface area contributed by atoms with E-state index in [-0.39, 0.29) is 5.69 Å². The third-order valence-corrected chi connectivity index (χ3v) is 1.64. The molecule has 0 saturated carbocycles. The fourth-order valence-electron chi connectivity index (χ4n) is 0.916. The lowest BCUT2D eigenvalue weighted by molar-refractivity contribution is -0.384. The van der Waals surface area contributed by atoms with Crippen molar-refractivity contribution in [3.8, 4) is 0 Å². The number of nitro groups is 1. The summed E-state index contributed by atoms with van der Waals surface area (Å²) < 4.78 is 0. The van der Waals surface area contributed by atoms with E-state index in [0.29, 0.717) is 5.56 Å². The molecule has 1 amide bonds. The summed E-state index contributed by atoms with van der Waals surface area (Å²) in [6.45, 7) is 0. The van der Waals surface area contributed by atoms with Gasteiger partial charge in [0, 0.05) is 18.2 Å². The predicted molar refractivity (Wildman–Crippen MR) is 52.1 cm³/mol. The number of hydrogen-bond donors (Lipinski definition) is 2. The van der Waals surface area contributed by atoms with Gasteiger partial charge in [-0.1, -0.05) is 0 Å². The predicted octanol–water partition coefficient (Wildman–Crippen LogP) is 1.11. The molecule has 0 aliphatic rings. The Morgan fingerprint density at radius 3 is 2.47 bits per heavy atom. The second-order valence-corrected chi connectivity index (χ2v) is 2.66. The van der Waals surface area contributed by atoms with Gasteiger partial charge in [0.25, 0.3) is 11.6 Å². The molecule has 0 fully saturated rings. The normalized spacial score (nSPS) is 10.2. The molecule has 6 nitrogen and oxygen atoms in total. The number of nitrogens with zero attached hydrogens (tertiary/aromatic N) is 1. The number of nitro benzene ring substituents is 1. The number of hydroxylamine groups is 1. The average molecular weight is 208 g/mol. The third-order valence-electron chi connectivity index (χ3n) is 1.64. The van der Waals surface area contributed by atoms with Crippen molar-refractivity contribution < 1.29 is 14.9 Å². The molecule has 0 spiro atoms. The van der Waals surface area contributed by atoms with Crippen LogP contribution in [0.5, 0.6) is 0 Å². The van der Waals surface area contributed by atoms with Gasteiger partial charge in [-0.05, 0) is 23.8 Å². The number of carbonyl (C=O) groups is 1. The van der Waals surface area contributed by atoms with Crippen molar-refractivity contribution in [1.82, 2.24) is 5.48 Å². The minimum absolute atomic E-state index is 0.0150. The molecule has 1 aromatic rings. The van der Waals surface area contributed by atoms with Crippen LogP contribution in [0.4, 0.5) is 5.69 Å². The van der Waals surface area contributed by atoms with Crippen LogP contribution in [0, 0.1) is 10.1 Å². The molecule has 0 atom stereocenters. The summed E-state index contributed by atoms with van der Waals surface area (Å²) in [5, 5.41) is 18.5. The van der Waals surface area contributed by atoms with E-state index in [4.69, 9.17) is 5.21 Å². The highest BCUT2D eigenvalue weighted by Crippen LogP contribution is 2.12. The minimum atomic E-state index is -0.659. The van der Waals surface area contributed by atoms with Crippen molar-refractivity contribution in [2.75, 3.05) is 0 Å². The van der Waals surface area contributed by atoms with E-state index in [0.717, 1.165) is 6.08 Å². The molecule has 0 aromatic heterocycles. The number of benzene rings is 1. The van der Waals surface area contributed by atoms with Crippen LogP contribution in [0.3, 0.4) is 0 Å². The van der Waals surface area contributed by atoms with E-state index in [1.54, 1.807) is 0 Å². The Hall–Kier alpha value is -2.21. The standard InChI is InChI=1S/C9H8N2O4/c12-9(10-13)6-3-7-1-4-8(5-2-7)11(14)15/h1-6,13H,(H,10,12). The molecule has 0 radical (unpaired) electrons. The molecule has 1 aromatic carbocycles. The summed E-state index contributed by atoms with van der Waals surface area (Å²) in [6.07, 6.45) is 2.54. The zero-order valence-electron chi connectivity index (χ0n) is 7.58. The van der Waals surface area contributed by atoms with Gasteiger partial charge < -0.3 is 0 Å². The van der Waals surface area contributed by atoms with Crippen LogP contribution in [0.2, 0.25) is 0 Å². The van der Waals surface area contributed by atoms with Crippen molar-refractivity contribution in [1.29, 1.82) is 0 Å². The quantitative estimate of drug-likeness (QED) is 0.337. The maximum Gasteiger partial charge on any atom is 0.269 e. The number of hydrogen-bond acceptors (Lipinski definition) is 4. The van der Waals surface area contributed by atoms with Crippen LogP contribution in [0.25, 0.3) is 6.08 Å². The number of amides is 1. The van der Waals surface area contributed by atoms with Gasteiger partial charge in [0.05, 0.1) is 4.92 Å². The van der Waals surface area contributed by atoms with Crippen LogP contribution in [0.15, 0.2) is 30.3 Å². The lowest BCUT2D eigenvalue weighted by atomic mass is 10.2. The maximum atomic E-state index is 10.6. The van der Waals surface area contributed by atoms with Gasteiger partial charge in [0.1, 0.15) is 0 Å². The Labute approximate surface area is 84.9 Å². The summed E-state index contributed by atoms with van der Waals surface area (Å²) >= 11 is 0. The lowest BCUT2D eigenvalue weighted by Crippen LogP contribution is -2.14. The molecule has 1 rings (SSSR count). The third kappa shape index (κ3) is 3.20. The average Bonchev–Trinajstić information content (AvgIpc) is 2.26. The second-order valence-electron chi connectivity index (χ2n) is 2.66. The lowest BCUT2D eigenvalue weighted by Gasteiger charge is -1.93. The fraction of sp³-hybridized carbons (Fsp3) is 0. The molecule has 0 aliphatic carbocycles. The number of non-ortho nitro benzene ring substituents is 1. The highest BCUT2D eigenvalue weighted by Gasteiger charge is 2.02. The van der Waals surface area contributed by atoms with Crippen LogP contribution < -0.4 is 5.48 Å². The smallest absolute Gasteiger partial charge is 0.269 e. The van der Waals surface area contributed by atoms with E-state index in [9.17, 15) is 14.9 Å². The van der Waals surface area contributed by atoms with Crippen LogP contribution >= 0.6 is 0 Å². The summed E-state index contributed by atoms with van der Waals surface area (Å²) in [4.78, 5) is 20.4. The maximum absolute atomic E-state index is 10.6. The zero-order chi connectivity index (χ0) is 11.3. The first-order valence-corrected chi connectivity index (χ1v) is 4.00. The summed E-state index contributed by atoms with van der Waals surface area (Å²) in [5.74, 6) is -0.659. The van der Waals surface area contributed by atoms with E-state index in [2.05, 4.69) is 0 Å². The van der Waals surface area contributed by atoms with Gasteiger partial charge in [0.2, 0.25) is 0 Å². The molecule has 0 saturated heterocycles. The van der Waals surface area contributed by atoms with Crippen molar-refractivity contribution in [3.63, 3.8) is 0 Å². The van der Waals surface area contributed by atoms with E-state index in [1.807, 2.05) is 0 Å². The molecular weight excluding hydrogens is 200 g/mol. The second kappa shape index (κ2) is 4.87. The minimum Gasteiger partial charge on any atom is -0.288 e. The monoisotopic (exact) mass is 208 g/mol. The van der Waals surface area contributed by atoms with E-state index < -0.39 is 10.8 Å². The molecule has 2 N–H and O–H groups in total. The Morgan fingerprint density at radius 2 is 2.00 bits per heavy atom. The van der Waals surface area contributed by atoms with E-state index >= 15 is 0 Å². The van der Waals surface area contributed by atoms with Gasteiger partial charge in [-0.25, -0.2) is 5.48 Å². The molecule has 0 aliphatic heterocycles. The summed E-state index contributed by atoms with van der Waals surface area (Å²) in [6, 6.07) is 5.66. The SMILES string of the molecule is O=C(C=Cc1ccc([N+](=O)[O-])cc1)NO. The van der Waals surface area contributed by atoms with Crippen LogP contribution in [-0.4, -0.2) is 16.0 Å². The molecule has 0 unspecified atom stereocenters. The van der Waals surface area contributed by atoms with Gasteiger partial charge >= 0.3 is 0 Å². The highest BCUT2D eigenvalue weighted by molar-refractivity contribution is 5.90. The van der Waals surface area contributed by atoms with Crippen molar-refractivity contribution in [3.05, 3.63) is 46.0 Å². The zero-order valence-corrected chi connectivity index (χ0v) is 7.58. The summed E-state index contributed by atoms with van der Waals surface area (Å²) in [7, 11) is 0. The topological polar surface area (TPSA) is 92.5 Å². The Morgan fingerprint density at radius 1 is 1.40 bits per heavy atom. The van der Waals surface area contributed by atoms with Gasteiger partial charge in [-0.3, -0.25) is 20.1 Å². The van der Waals surface area contributed by atoms with Crippen molar-refractivity contribution >= 4 is 17.7 Å². The van der Waals surface area contributed by atoms with Gasteiger partial charge in [-0.2, -0.15) is 0 Å². The summed E-state index contributed by atoms with van der Waals surface area (Å²) in [5.41, 5.74) is 2.04. The van der Waals surface area contributed by atoms with Crippen LogP contribution in [-0.2, 0) is 4.79 Å². The molecule has 78 valence electrons. The Bertz CT molecular complexity index is 397. The van der Waals surface area contributed by atoms with E-state index in [1.165, 1.54) is 35.8 Å². The van der Waals surface area contributed by atoms with Gasteiger partial charge in [-0.15, -0.1) is 0 Å². The fourth-order valence-corrected chi connectivity index (χ4v) is 0.916. The molecule has 0 bridgehead atoms. The number of rotatable bonds is 3. The first kappa shape index (κ1) is 10.9. The Balaban J connectivity index is 2.77. The molecule has 0 heterocycles. The largest absolute Gasteiger partial charge is 0.288 e. The number of carbonyl (C=O) groups excluding carboxylic acids is 1. The Kier molecular flexibility index (Phi) is 3.53. The van der Waals surface area contributed by atoms with Crippen LogP contribution in [0.1, 0.15) is 5.56 Å². The van der Waals surface area contributed by atoms with Crippen molar-refractivity contribution in [2.24, 2.45) is 0 Å². The van der Waals surface area contributed by atoms with Gasteiger partial charge in [0.15, 0.2) is 0 Å². The first-order chi connectivity index (χ1) is 7.13. The van der Waals surface area contributed by atoms with Crippen molar-refractivity contribution in [2.45, 2.75) is 0 Å². The highest BCUT2D eigenvalue weighted by atomic mass is 16.6. The number of nitrogens with one attached hydrogen (secondary N) is 1. The first-order valence-electron chi connectivity index (χ1n) is 4.00. The molecular formula is C9H8N2O4. The molecule has 15 heavy (non-hydrogen) atoms.